The molecule has 4 amide bonds. The molecular formula is C36H43N9O8S3. The molecule has 20 heteroatoms. The van der Waals surface area contributed by atoms with Crippen LogP contribution < -0.4 is 26.0 Å². The van der Waals surface area contributed by atoms with Gasteiger partial charge < -0.3 is 15.7 Å². The molecule has 2 aliphatic rings. The van der Waals surface area contributed by atoms with E-state index < -0.39 is 28.1 Å². The van der Waals surface area contributed by atoms with Gasteiger partial charge in [0.2, 0.25) is 20.3 Å². The lowest BCUT2D eigenvalue weighted by Crippen LogP contribution is -2.23. The summed E-state index contributed by atoms with van der Waals surface area (Å²) < 4.78 is 32.4. The summed E-state index contributed by atoms with van der Waals surface area (Å²) in [6, 6.07) is 9.59. The Morgan fingerprint density at radius 2 is 1.12 bits per heavy atom. The minimum absolute atomic E-state index is 0.00785. The highest BCUT2D eigenvalue weighted by Crippen LogP contribution is 2.32. The molecule has 298 valence electrons. The fourth-order valence-electron chi connectivity index (χ4n) is 6.34. The van der Waals surface area contributed by atoms with E-state index in [1.807, 2.05) is 26.0 Å². The van der Waals surface area contributed by atoms with Crippen molar-refractivity contribution in [3.05, 3.63) is 70.3 Å². The van der Waals surface area contributed by atoms with Gasteiger partial charge in [0.05, 0.1) is 24.2 Å². The first kappa shape index (κ1) is 42.0. The summed E-state index contributed by atoms with van der Waals surface area (Å²) in [7, 11) is -3.36. The predicted octanol–water partition coefficient (Wildman–Crippen LogP) is 6.40. The molecule has 0 bridgehead atoms. The van der Waals surface area contributed by atoms with Crippen LogP contribution in [0.1, 0.15) is 94.9 Å². The van der Waals surface area contributed by atoms with Crippen molar-refractivity contribution >= 4 is 84.3 Å². The molecule has 2 aromatic carbocycles. The fraction of sp³-hybridized carbons (Fsp3) is 0.417. The average molecular weight is 826 g/mol. The number of benzene rings is 2. The zero-order valence-corrected chi connectivity index (χ0v) is 33.5. The van der Waals surface area contributed by atoms with Crippen molar-refractivity contribution in [1.29, 1.82) is 0 Å². The lowest BCUT2D eigenvalue weighted by Gasteiger charge is -2.14. The van der Waals surface area contributed by atoms with E-state index in [9.17, 15) is 32.4 Å². The molecule has 17 nitrogen and oxygen atoms in total. The zero-order chi connectivity index (χ0) is 40.4. The number of Topliss-reactive ketones (excluding diaryl/α,β-unsaturated/α-hetero) is 2. The minimum Gasteiger partial charge on any atom is -0.481 e. The lowest BCUT2D eigenvalue weighted by atomic mass is 9.94. The van der Waals surface area contributed by atoms with Crippen LogP contribution in [0, 0.1) is 25.7 Å². The van der Waals surface area contributed by atoms with Gasteiger partial charge in [-0.05, 0) is 63.8 Å². The second kappa shape index (κ2) is 19.1. The van der Waals surface area contributed by atoms with Gasteiger partial charge in [-0.25, -0.2) is 32.7 Å². The highest BCUT2D eigenvalue weighted by atomic mass is 32.2. The number of carboxylic acids is 1. The third-order valence-electron chi connectivity index (χ3n) is 9.01. The molecule has 2 aliphatic carbocycles. The van der Waals surface area contributed by atoms with Gasteiger partial charge in [-0.15, -0.1) is 0 Å². The molecular weight excluding hydrogens is 783 g/mol. The van der Waals surface area contributed by atoms with Crippen LogP contribution in [0.15, 0.2) is 36.4 Å². The van der Waals surface area contributed by atoms with Gasteiger partial charge in [0.25, 0.3) is 0 Å². The van der Waals surface area contributed by atoms with Gasteiger partial charge in [0, 0.05) is 46.0 Å². The number of aliphatic carboxylic acids is 1. The number of hydrogen-bond acceptors (Lipinski definition) is 13. The molecule has 2 heterocycles. The number of rotatable bonds is 13. The molecule has 2 fully saturated rings. The molecule has 0 spiro atoms. The Labute approximate surface area is 331 Å². The van der Waals surface area contributed by atoms with E-state index in [0.717, 1.165) is 91.8 Å². The fourth-order valence-corrected chi connectivity index (χ4v) is 7.90. The van der Waals surface area contributed by atoms with Crippen LogP contribution in [0.3, 0.4) is 0 Å². The van der Waals surface area contributed by atoms with Gasteiger partial charge in [0.1, 0.15) is 6.42 Å². The van der Waals surface area contributed by atoms with E-state index in [2.05, 4.69) is 44.7 Å². The van der Waals surface area contributed by atoms with E-state index in [1.54, 1.807) is 24.3 Å². The molecule has 0 atom stereocenters. The van der Waals surface area contributed by atoms with E-state index in [-0.39, 0.29) is 58.3 Å². The van der Waals surface area contributed by atoms with E-state index in [0.29, 0.717) is 22.5 Å². The number of carboxylic acid groups (broad SMARTS) is 1. The standard InChI is InChI=1S/C18H23N5O4S2.C18H20N4O4S/c1-11-7-8-14(13(9-11)16(24)12-5-3-4-6-12)20-17(25)22-18-21-15(23-28-18)10-19-29(2,26)27;1-10-6-7-13(12(8-10)16(25)11-4-2-3-5-11)19-17(26)21-18-20-14(22-27-18)9-15(23)24/h7-9,12,19H,3-6,10H2,1-2H3,(H2,20,21,22,23,25);6-8,11H,2-5,9H2,1H3,(H,23,24)(H2,19,20,21,22,26). The number of urea groups is 2. The molecule has 6 N–H and O–H groups in total. The summed E-state index contributed by atoms with van der Waals surface area (Å²) in [5.74, 6) is -0.514. The quantitative estimate of drug-likeness (QED) is 0.0801. The SMILES string of the molecule is Cc1ccc(NC(=O)Nc2nc(CC(=O)O)ns2)c(C(=O)C2CCCC2)c1.Cc1ccc(NC(=O)Nc2nc(CNS(C)(=O)=O)ns2)c(C(=O)C2CCCC2)c1. The second-order valence-electron chi connectivity index (χ2n) is 13.6. The number of amides is 4. The Morgan fingerprint density at radius 1 is 0.696 bits per heavy atom. The monoisotopic (exact) mass is 825 g/mol. The van der Waals surface area contributed by atoms with Crippen LogP contribution in [-0.4, -0.2) is 68.1 Å². The molecule has 2 aromatic heterocycles. The van der Waals surface area contributed by atoms with Gasteiger partial charge in [0.15, 0.2) is 23.2 Å². The third-order valence-corrected chi connectivity index (χ3v) is 11.0. The minimum atomic E-state index is -3.36. The van der Waals surface area contributed by atoms with Crippen LogP contribution in [-0.2, 0) is 27.8 Å². The Hall–Kier alpha value is -5.18. The number of hydrogen-bond donors (Lipinski definition) is 6. The van der Waals surface area contributed by atoms with Crippen molar-refractivity contribution in [1.82, 2.24) is 23.4 Å². The van der Waals surface area contributed by atoms with Crippen LogP contribution in [0.2, 0.25) is 0 Å². The van der Waals surface area contributed by atoms with Crippen LogP contribution >= 0.6 is 23.1 Å². The van der Waals surface area contributed by atoms with E-state index in [1.165, 1.54) is 0 Å². The van der Waals surface area contributed by atoms with Crippen LogP contribution in [0.25, 0.3) is 0 Å². The Kier molecular flexibility index (Phi) is 14.3. The second-order valence-corrected chi connectivity index (χ2v) is 17.0. The number of sulfonamides is 1. The van der Waals surface area contributed by atoms with Crippen molar-refractivity contribution in [2.45, 2.75) is 78.2 Å². The first-order valence-corrected chi connectivity index (χ1v) is 21.3. The maximum atomic E-state index is 12.9. The smallest absolute Gasteiger partial charge is 0.325 e. The maximum Gasteiger partial charge on any atom is 0.325 e. The summed E-state index contributed by atoms with van der Waals surface area (Å²) in [5, 5.41) is 19.7. The number of ketones is 2. The van der Waals surface area contributed by atoms with Gasteiger partial charge in [-0.1, -0.05) is 48.9 Å². The normalized spacial score (nSPS) is 14.4. The Bertz CT molecular complexity index is 2190. The zero-order valence-electron chi connectivity index (χ0n) is 31.0. The van der Waals surface area contributed by atoms with Crippen LogP contribution in [0.5, 0.6) is 0 Å². The number of aryl methyl sites for hydroxylation is 2. The summed E-state index contributed by atoms with van der Waals surface area (Å²) in [4.78, 5) is 69.1. The molecule has 2 saturated carbocycles. The lowest BCUT2D eigenvalue weighted by molar-refractivity contribution is -0.136. The number of aromatic nitrogens is 4. The highest BCUT2D eigenvalue weighted by molar-refractivity contribution is 7.88. The summed E-state index contributed by atoms with van der Waals surface area (Å²) in [5.41, 5.74) is 3.83. The third kappa shape index (κ3) is 12.4. The summed E-state index contributed by atoms with van der Waals surface area (Å²) in [6.07, 6.45) is 8.49. The first-order valence-electron chi connectivity index (χ1n) is 17.9. The maximum absolute atomic E-state index is 12.9. The van der Waals surface area contributed by atoms with E-state index in [4.69, 9.17) is 5.11 Å². The molecule has 0 saturated heterocycles. The predicted molar refractivity (Wildman–Crippen MR) is 213 cm³/mol. The van der Waals surface area contributed by atoms with Gasteiger partial charge in [-0.3, -0.25) is 25.0 Å². The number of anilines is 4. The molecule has 0 aliphatic heterocycles. The molecule has 0 radical (unpaired) electrons. The van der Waals surface area contributed by atoms with Crippen molar-refractivity contribution in [3.63, 3.8) is 0 Å². The number of nitrogens with one attached hydrogen (secondary N) is 5. The van der Waals surface area contributed by atoms with Crippen molar-refractivity contribution in [3.8, 4) is 0 Å². The largest absolute Gasteiger partial charge is 0.481 e. The highest BCUT2D eigenvalue weighted by Gasteiger charge is 2.27. The molecule has 0 unspecified atom stereocenters. The topological polar surface area (TPSA) is 251 Å². The van der Waals surface area contributed by atoms with E-state index >= 15 is 0 Å². The summed E-state index contributed by atoms with van der Waals surface area (Å²) in [6.45, 7) is 3.75. The first-order chi connectivity index (χ1) is 26.6. The summed E-state index contributed by atoms with van der Waals surface area (Å²) >= 11 is 1.84. The number of carbonyl (C=O) groups excluding carboxylic acids is 4. The number of nitrogens with zero attached hydrogens (tertiary/aromatic N) is 4. The Morgan fingerprint density at radius 3 is 1.55 bits per heavy atom. The Balaban J connectivity index is 0.000000215. The number of carbonyl (C=O) groups is 5. The van der Waals surface area contributed by atoms with Gasteiger partial charge in [-0.2, -0.15) is 8.75 Å². The van der Waals surface area contributed by atoms with Crippen molar-refractivity contribution < 1.29 is 37.5 Å². The molecule has 6 rings (SSSR count). The van der Waals surface area contributed by atoms with Crippen molar-refractivity contribution in [2.24, 2.45) is 11.8 Å². The molecule has 56 heavy (non-hydrogen) atoms. The van der Waals surface area contributed by atoms with Crippen LogP contribution in [0.4, 0.5) is 31.2 Å². The molecule has 4 aromatic rings. The van der Waals surface area contributed by atoms with Crippen molar-refractivity contribution in [2.75, 3.05) is 27.5 Å². The average Bonchev–Trinajstić information content (AvgIpc) is 3.98. The van der Waals surface area contributed by atoms with Gasteiger partial charge >= 0.3 is 18.0 Å².